The second-order valence-electron chi connectivity index (χ2n) is 6.06. The molecule has 2 aromatic rings. The number of hydrogen-bond donors (Lipinski definition) is 0. The lowest BCUT2D eigenvalue weighted by Crippen LogP contribution is -2.04. The van der Waals surface area contributed by atoms with Gasteiger partial charge < -0.3 is 4.84 Å². The highest BCUT2D eigenvalue weighted by Gasteiger charge is 2.14. The molecule has 0 bridgehead atoms. The van der Waals surface area contributed by atoms with Gasteiger partial charge in [0, 0.05) is 5.56 Å². The van der Waals surface area contributed by atoms with Crippen molar-refractivity contribution in [2.75, 3.05) is 0 Å². The predicted octanol–water partition coefficient (Wildman–Crippen LogP) is 5.30. The minimum Gasteiger partial charge on any atom is -0.390 e. The van der Waals surface area contributed by atoms with Gasteiger partial charge in [-0.3, -0.25) is 0 Å². The van der Waals surface area contributed by atoms with E-state index in [1.54, 1.807) is 12.1 Å². The molecule has 0 aromatic heterocycles. The van der Waals surface area contributed by atoms with Crippen LogP contribution in [0.1, 0.15) is 54.7 Å². The van der Waals surface area contributed by atoms with Crippen molar-refractivity contribution in [3.05, 3.63) is 71.0 Å². The maximum absolute atomic E-state index is 12.8. The number of hydrogen-bond acceptors (Lipinski definition) is 2. The van der Waals surface area contributed by atoms with Crippen LogP contribution in [-0.2, 0) is 11.4 Å². The van der Waals surface area contributed by atoms with Crippen molar-refractivity contribution in [2.24, 2.45) is 5.16 Å². The van der Waals surface area contributed by atoms with Crippen LogP contribution in [0.5, 0.6) is 0 Å². The SMILES string of the molecule is Fc1ccc(CO/N=[C]\c2ccc(C3CCCCC3)cc2)cc1. The minimum atomic E-state index is -0.248. The van der Waals surface area contributed by atoms with E-state index >= 15 is 0 Å². The van der Waals surface area contributed by atoms with Crippen molar-refractivity contribution in [3.63, 3.8) is 0 Å². The van der Waals surface area contributed by atoms with Gasteiger partial charge in [0.05, 0.1) is 0 Å². The summed E-state index contributed by atoms with van der Waals surface area (Å²) >= 11 is 0. The van der Waals surface area contributed by atoms with E-state index in [1.165, 1.54) is 49.8 Å². The topological polar surface area (TPSA) is 21.6 Å². The molecule has 0 aliphatic heterocycles. The van der Waals surface area contributed by atoms with E-state index in [0.717, 1.165) is 11.1 Å². The summed E-state index contributed by atoms with van der Waals surface area (Å²) in [5.74, 6) is 0.464. The molecule has 1 fully saturated rings. The molecule has 0 spiro atoms. The lowest BCUT2D eigenvalue weighted by molar-refractivity contribution is 0.132. The average Bonchev–Trinajstić information content (AvgIpc) is 2.62. The Morgan fingerprint density at radius 1 is 0.957 bits per heavy atom. The van der Waals surface area contributed by atoms with Gasteiger partial charge >= 0.3 is 0 Å². The fourth-order valence-electron chi connectivity index (χ4n) is 3.04. The van der Waals surface area contributed by atoms with Crippen LogP contribution in [-0.4, -0.2) is 6.21 Å². The minimum absolute atomic E-state index is 0.248. The third-order valence-electron chi connectivity index (χ3n) is 4.37. The molecule has 23 heavy (non-hydrogen) atoms. The van der Waals surface area contributed by atoms with Gasteiger partial charge in [0.25, 0.3) is 0 Å². The molecular weight excluding hydrogens is 289 g/mol. The standard InChI is InChI=1S/C20H21FNO/c21-20-12-8-17(9-13-20)15-23-22-14-16-6-10-19(11-7-16)18-4-2-1-3-5-18/h6-13,18H,1-5,15H2. The first-order chi connectivity index (χ1) is 11.3. The van der Waals surface area contributed by atoms with Crippen LogP contribution >= 0.6 is 0 Å². The summed E-state index contributed by atoms with van der Waals surface area (Å²) in [5.41, 5.74) is 3.20. The highest BCUT2D eigenvalue weighted by atomic mass is 19.1. The van der Waals surface area contributed by atoms with Gasteiger partial charge in [0.15, 0.2) is 0 Å². The van der Waals surface area contributed by atoms with Crippen molar-refractivity contribution in [1.29, 1.82) is 0 Å². The molecule has 119 valence electrons. The van der Waals surface area contributed by atoms with Crippen LogP contribution in [0.3, 0.4) is 0 Å². The number of halogens is 1. The molecule has 1 radical (unpaired) electrons. The van der Waals surface area contributed by atoms with Crippen LogP contribution in [0.2, 0.25) is 0 Å². The van der Waals surface area contributed by atoms with Crippen LogP contribution in [0.15, 0.2) is 53.7 Å². The maximum atomic E-state index is 12.8. The van der Waals surface area contributed by atoms with Gasteiger partial charge in [0.1, 0.15) is 18.6 Å². The Morgan fingerprint density at radius 3 is 2.35 bits per heavy atom. The smallest absolute Gasteiger partial charge is 0.142 e. The Balaban J connectivity index is 1.50. The number of rotatable bonds is 5. The van der Waals surface area contributed by atoms with E-state index in [1.807, 2.05) is 12.1 Å². The van der Waals surface area contributed by atoms with E-state index in [-0.39, 0.29) is 5.82 Å². The van der Waals surface area contributed by atoms with E-state index < -0.39 is 0 Å². The van der Waals surface area contributed by atoms with Gasteiger partial charge in [-0.05, 0) is 42.0 Å². The van der Waals surface area contributed by atoms with Crippen LogP contribution in [0.4, 0.5) is 4.39 Å². The largest absolute Gasteiger partial charge is 0.390 e. The Morgan fingerprint density at radius 2 is 1.65 bits per heavy atom. The molecule has 2 nitrogen and oxygen atoms in total. The van der Waals surface area contributed by atoms with Gasteiger partial charge in [-0.15, -0.1) is 0 Å². The third kappa shape index (κ3) is 4.65. The number of nitrogens with zero attached hydrogens (tertiary/aromatic N) is 1. The summed E-state index contributed by atoms with van der Waals surface area (Å²) in [4.78, 5) is 5.20. The molecule has 2 aromatic carbocycles. The molecule has 0 unspecified atom stereocenters. The van der Waals surface area contributed by atoms with Gasteiger partial charge in [-0.25, -0.2) is 4.39 Å². The summed E-state index contributed by atoms with van der Waals surface area (Å²) in [5, 5.41) is 3.86. The van der Waals surface area contributed by atoms with E-state index in [0.29, 0.717) is 12.5 Å². The van der Waals surface area contributed by atoms with Crippen LogP contribution in [0, 0.1) is 5.82 Å². The molecule has 1 aliphatic carbocycles. The van der Waals surface area contributed by atoms with Crippen molar-refractivity contribution in [2.45, 2.75) is 44.6 Å². The first kappa shape index (κ1) is 15.7. The molecule has 0 saturated heterocycles. The fraction of sp³-hybridized carbons (Fsp3) is 0.350. The Hall–Kier alpha value is -2.16. The van der Waals surface area contributed by atoms with Gasteiger partial charge in [-0.1, -0.05) is 60.8 Å². The summed E-state index contributed by atoms with van der Waals surface area (Å²) in [7, 11) is 0. The Bertz CT molecular complexity index is 628. The van der Waals surface area contributed by atoms with Crippen LogP contribution < -0.4 is 0 Å². The normalized spacial score (nSPS) is 15.9. The van der Waals surface area contributed by atoms with Crippen LogP contribution in [0.25, 0.3) is 0 Å². The zero-order valence-electron chi connectivity index (χ0n) is 13.2. The lowest BCUT2D eigenvalue weighted by atomic mass is 9.84. The zero-order chi connectivity index (χ0) is 15.9. The third-order valence-corrected chi connectivity index (χ3v) is 4.37. The molecule has 3 rings (SSSR count). The van der Waals surface area contributed by atoms with E-state index in [9.17, 15) is 4.39 Å². The summed E-state index contributed by atoms with van der Waals surface area (Å²) in [6.07, 6.45) is 9.56. The molecule has 3 heteroatoms. The molecule has 1 aliphatic rings. The monoisotopic (exact) mass is 310 g/mol. The van der Waals surface area contributed by atoms with Gasteiger partial charge in [-0.2, -0.15) is 0 Å². The average molecular weight is 310 g/mol. The molecule has 0 N–H and O–H groups in total. The second-order valence-corrected chi connectivity index (χ2v) is 6.06. The second kappa shape index (κ2) is 7.91. The predicted molar refractivity (Wildman–Crippen MR) is 90.0 cm³/mol. The number of benzene rings is 2. The molecular formula is C20H21FNO. The molecule has 0 heterocycles. The first-order valence-corrected chi connectivity index (χ1v) is 8.24. The highest BCUT2D eigenvalue weighted by molar-refractivity contribution is 5.79. The lowest BCUT2D eigenvalue weighted by Gasteiger charge is -2.21. The van der Waals surface area contributed by atoms with Crippen molar-refractivity contribution in [3.8, 4) is 0 Å². The Kier molecular flexibility index (Phi) is 5.41. The van der Waals surface area contributed by atoms with E-state index in [4.69, 9.17) is 4.84 Å². The first-order valence-electron chi connectivity index (χ1n) is 8.24. The fourth-order valence-corrected chi connectivity index (χ4v) is 3.04. The zero-order valence-corrected chi connectivity index (χ0v) is 13.2. The maximum Gasteiger partial charge on any atom is 0.142 e. The van der Waals surface area contributed by atoms with Crippen molar-refractivity contribution < 1.29 is 9.23 Å². The summed E-state index contributed by atoms with van der Waals surface area (Å²) in [6.45, 7) is 0.313. The van der Waals surface area contributed by atoms with Crippen molar-refractivity contribution >= 4 is 6.21 Å². The quantitative estimate of drug-likeness (QED) is 0.542. The highest BCUT2D eigenvalue weighted by Crippen LogP contribution is 2.32. The molecule has 0 amide bonds. The van der Waals surface area contributed by atoms with E-state index in [2.05, 4.69) is 23.5 Å². The Labute approximate surface area is 137 Å². The molecule has 1 saturated carbocycles. The van der Waals surface area contributed by atoms with Crippen molar-refractivity contribution in [1.82, 2.24) is 0 Å². The summed E-state index contributed by atoms with van der Waals surface area (Å²) < 4.78 is 12.8. The van der Waals surface area contributed by atoms with Gasteiger partial charge in [0.2, 0.25) is 0 Å². The summed E-state index contributed by atoms with van der Waals surface area (Å²) in [6, 6.07) is 14.6. The molecule has 0 atom stereocenters.